The van der Waals surface area contributed by atoms with Crippen molar-refractivity contribution in [3.63, 3.8) is 0 Å². The van der Waals surface area contributed by atoms with Gasteiger partial charge in [0.2, 0.25) is 0 Å². The van der Waals surface area contributed by atoms with Crippen LogP contribution >= 0.6 is 0 Å². The number of hydrogen-bond acceptors (Lipinski definition) is 6. The van der Waals surface area contributed by atoms with Gasteiger partial charge in [-0.05, 0) is 0 Å². The average Bonchev–Trinajstić information content (AvgIpc) is 3.83. The molecule has 0 amide bonds. The standard InChI is InChI=1S/C34H36N12Se2/c1-41-19-37-29-27(41)34-44(4)26(24-13-9-6-10-14-24)32(46(34)20-38-29)36-16-18-48-47-17-15-35-30-25(23-11-7-5-8-12-23)40-33-28-31(39-21-45(30)33)43(3)22-42(28)2/h5-14,19-22,35-36H,15-18H2,1-4H3/q+2/p+1. The zero-order chi connectivity index (χ0) is 32.8. The zero-order valence-electron chi connectivity index (χ0n) is 27.3. The molecule has 1 unspecified atom stereocenters. The average molecular weight is 772 g/mol. The van der Waals surface area contributed by atoms with Crippen molar-refractivity contribution in [2.24, 2.45) is 14.1 Å². The van der Waals surface area contributed by atoms with Gasteiger partial charge in [0, 0.05) is 0 Å². The van der Waals surface area contributed by atoms with E-state index in [1.807, 2.05) is 36.7 Å². The molecule has 1 aliphatic rings. The number of fused-ring (bicyclic) bond motifs is 6. The molecule has 0 aliphatic carbocycles. The van der Waals surface area contributed by atoms with Crippen molar-refractivity contribution in [1.82, 2.24) is 33.5 Å². The SMILES string of the molecule is Cn1cnc2nc[n+]3c(NCC[Se][Se]CCNc4c(-c5ccccc5)nc5c6c(ncn45)[NH+](C)C=[N+]6C)c(-c4ccccc4)n(C)c3c21. The molecule has 1 aliphatic heterocycles. The van der Waals surface area contributed by atoms with E-state index in [2.05, 4.69) is 121 Å². The Morgan fingerprint density at radius 2 is 1.56 bits per heavy atom. The second kappa shape index (κ2) is 12.8. The van der Waals surface area contributed by atoms with Gasteiger partial charge in [0.15, 0.2) is 0 Å². The number of nitrogens with zero attached hydrogens (tertiary/aromatic N) is 9. The fourth-order valence-electron chi connectivity index (χ4n) is 6.54. The molecule has 12 nitrogen and oxygen atoms in total. The molecule has 8 rings (SSSR count). The fraction of sp³-hybridized carbons (Fsp3) is 0.235. The molecule has 5 aromatic heterocycles. The number of imidazole rings is 3. The molecule has 0 radical (unpaired) electrons. The normalized spacial score (nSPS) is 14.2. The predicted octanol–water partition coefficient (Wildman–Crippen LogP) is 2.57. The quantitative estimate of drug-likeness (QED) is 0.106. The third-order valence-corrected chi connectivity index (χ3v) is 16.0. The minimum absolute atomic E-state index is 0.562. The van der Waals surface area contributed by atoms with Crippen LogP contribution in [0.1, 0.15) is 0 Å². The van der Waals surface area contributed by atoms with Crippen molar-refractivity contribution in [3.05, 3.63) is 79.6 Å². The Morgan fingerprint density at radius 3 is 2.31 bits per heavy atom. The summed E-state index contributed by atoms with van der Waals surface area (Å²) in [6, 6.07) is 21.0. The van der Waals surface area contributed by atoms with Gasteiger partial charge in [-0.25, -0.2) is 0 Å². The summed E-state index contributed by atoms with van der Waals surface area (Å²) >= 11 is 1.12. The van der Waals surface area contributed by atoms with E-state index in [4.69, 9.17) is 9.97 Å². The first kappa shape index (κ1) is 30.7. The van der Waals surface area contributed by atoms with Crippen LogP contribution in [-0.2, 0) is 14.1 Å². The van der Waals surface area contributed by atoms with Crippen LogP contribution < -0.4 is 19.9 Å². The van der Waals surface area contributed by atoms with E-state index in [0.717, 1.165) is 91.2 Å². The Kier molecular flexibility index (Phi) is 8.19. The maximum absolute atomic E-state index is 5.15. The van der Waals surface area contributed by atoms with Crippen LogP contribution in [0.4, 0.5) is 23.1 Å². The van der Waals surface area contributed by atoms with Gasteiger partial charge in [-0.3, -0.25) is 0 Å². The molecule has 14 heteroatoms. The Hall–Kier alpha value is -4.58. The summed E-state index contributed by atoms with van der Waals surface area (Å²) in [7, 11) is 8.32. The van der Waals surface area contributed by atoms with Gasteiger partial charge in [0.1, 0.15) is 0 Å². The van der Waals surface area contributed by atoms with Crippen molar-refractivity contribution in [1.29, 1.82) is 0 Å². The van der Waals surface area contributed by atoms with E-state index in [1.165, 1.54) is 5.56 Å². The topological polar surface area (TPSA) is 101 Å². The molecule has 7 aromatic rings. The number of benzene rings is 2. The van der Waals surface area contributed by atoms with Crippen molar-refractivity contribution < 1.29 is 13.9 Å². The summed E-state index contributed by atoms with van der Waals surface area (Å²) in [5, 5.41) is 9.84. The number of rotatable bonds is 11. The molecule has 0 fully saturated rings. The molecule has 48 heavy (non-hydrogen) atoms. The van der Waals surface area contributed by atoms with Crippen LogP contribution in [0.2, 0.25) is 10.6 Å². The summed E-state index contributed by atoms with van der Waals surface area (Å²) in [6.45, 7) is 1.81. The third kappa shape index (κ3) is 5.26. The predicted molar refractivity (Wildman–Crippen MR) is 191 cm³/mol. The van der Waals surface area contributed by atoms with E-state index in [-0.39, 0.29) is 0 Å². The number of nitrogens with one attached hydrogen (secondary N) is 3. The van der Waals surface area contributed by atoms with Gasteiger partial charge >= 0.3 is 290 Å². The number of anilines is 2. The Morgan fingerprint density at radius 1 is 0.854 bits per heavy atom. The molecule has 0 spiro atoms. The first-order valence-corrected chi connectivity index (χ1v) is 22.6. The molecule has 0 saturated heterocycles. The molecular weight excluding hydrogens is 734 g/mol. The van der Waals surface area contributed by atoms with Crippen LogP contribution in [-0.4, -0.2) is 97.8 Å². The van der Waals surface area contributed by atoms with Gasteiger partial charge in [-0.2, -0.15) is 0 Å². The molecule has 242 valence electrons. The van der Waals surface area contributed by atoms with Crippen molar-refractivity contribution in [2.45, 2.75) is 10.6 Å². The first-order chi connectivity index (χ1) is 23.5. The molecule has 2 aromatic carbocycles. The number of aromatic nitrogens is 8. The monoisotopic (exact) mass is 773 g/mol. The molecule has 0 saturated carbocycles. The first-order valence-electron chi connectivity index (χ1n) is 15.9. The van der Waals surface area contributed by atoms with E-state index in [1.54, 1.807) is 0 Å². The van der Waals surface area contributed by atoms with Gasteiger partial charge in [-0.15, -0.1) is 0 Å². The summed E-state index contributed by atoms with van der Waals surface area (Å²) < 4.78 is 10.7. The molecule has 6 heterocycles. The number of quaternary nitrogens is 1. The molecule has 0 bridgehead atoms. The van der Waals surface area contributed by atoms with Crippen LogP contribution in [0.25, 0.3) is 45.0 Å². The van der Waals surface area contributed by atoms with Crippen LogP contribution in [0.3, 0.4) is 0 Å². The van der Waals surface area contributed by atoms with E-state index >= 15 is 0 Å². The van der Waals surface area contributed by atoms with Crippen LogP contribution in [0.15, 0.2) is 79.6 Å². The fourth-order valence-corrected chi connectivity index (χ4v) is 12.2. The van der Waals surface area contributed by atoms with Crippen LogP contribution in [0, 0.1) is 0 Å². The van der Waals surface area contributed by atoms with Crippen molar-refractivity contribution in [2.75, 3.05) is 37.8 Å². The zero-order valence-corrected chi connectivity index (χ0v) is 30.7. The molecule has 3 N–H and O–H groups in total. The van der Waals surface area contributed by atoms with Gasteiger partial charge < -0.3 is 0 Å². The van der Waals surface area contributed by atoms with Gasteiger partial charge in [-0.1, -0.05) is 0 Å². The van der Waals surface area contributed by atoms with Gasteiger partial charge in [0.05, 0.1) is 0 Å². The Balaban J connectivity index is 0.948. The Bertz CT molecular complexity index is 2310. The van der Waals surface area contributed by atoms with E-state index in [0.29, 0.717) is 26.3 Å². The van der Waals surface area contributed by atoms with Gasteiger partial charge in [0.25, 0.3) is 0 Å². The molecular formula is C34H37N12Se2+3. The minimum atomic E-state index is 0.562. The second-order valence-electron chi connectivity index (χ2n) is 11.8. The third-order valence-electron chi connectivity index (χ3n) is 8.67. The number of aryl methyl sites for hydroxylation is 2. The van der Waals surface area contributed by atoms with E-state index in [9.17, 15) is 0 Å². The second-order valence-corrected chi connectivity index (χ2v) is 19.7. The maximum atomic E-state index is 5.15. The number of hydrogen-bond donors (Lipinski definition) is 3. The van der Waals surface area contributed by atoms with Crippen molar-refractivity contribution in [3.8, 4) is 22.5 Å². The van der Waals surface area contributed by atoms with Crippen LogP contribution in [0.5, 0.6) is 0 Å². The van der Waals surface area contributed by atoms with E-state index < -0.39 is 0 Å². The summed E-state index contributed by atoms with van der Waals surface area (Å²) in [4.78, 5) is 20.3. The summed E-state index contributed by atoms with van der Waals surface area (Å²) in [6.07, 6.45) is 7.76. The molecule has 1 atom stereocenters. The summed E-state index contributed by atoms with van der Waals surface area (Å²) in [5.41, 5.74) is 9.21. The summed E-state index contributed by atoms with van der Waals surface area (Å²) in [5.74, 6) is 3.07. The van der Waals surface area contributed by atoms with Crippen molar-refractivity contribution >= 4 is 78.2 Å². The Labute approximate surface area is 289 Å².